The summed E-state index contributed by atoms with van der Waals surface area (Å²) in [4.78, 5) is 14.8. The first kappa shape index (κ1) is 20.2. The third kappa shape index (κ3) is 5.08. The van der Waals surface area contributed by atoms with E-state index in [0.29, 0.717) is 6.04 Å². The first-order valence-corrected chi connectivity index (χ1v) is 7.94. The lowest BCUT2D eigenvalue weighted by Crippen LogP contribution is -2.46. The number of nitrogens with zero attached hydrogens (tertiary/aromatic N) is 1. The van der Waals surface area contributed by atoms with Gasteiger partial charge in [-0.1, -0.05) is 30.3 Å². The normalized spacial score (nSPS) is 27.1. The molecule has 2 aliphatic rings. The zero-order chi connectivity index (χ0) is 14.7. The van der Waals surface area contributed by atoms with Crippen molar-refractivity contribution in [2.45, 2.75) is 32.4 Å². The van der Waals surface area contributed by atoms with Crippen molar-refractivity contribution >= 4 is 30.7 Å². The molecule has 2 heterocycles. The van der Waals surface area contributed by atoms with Crippen molar-refractivity contribution in [2.75, 3.05) is 26.2 Å². The highest BCUT2D eigenvalue weighted by atomic mass is 35.5. The highest BCUT2D eigenvalue weighted by Crippen LogP contribution is 2.25. The van der Waals surface area contributed by atoms with Crippen LogP contribution in [0.1, 0.15) is 25.3 Å². The van der Waals surface area contributed by atoms with Gasteiger partial charge in [-0.05, 0) is 31.9 Å². The summed E-state index contributed by atoms with van der Waals surface area (Å²) in [7, 11) is 0. The Morgan fingerprint density at radius 1 is 1.35 bits per heavy atom. The molecule has 130 valence electrons. The largest absolute Gasteiger partial charge is 0.352 e. The Hall–Kier alpha value is -0.810. The molecule has 2 unspecified atom stereocenters. The zero-order valence-electron chi connectivity index (χ0n) is 13.6. The minimum atomic E-state index is -0.215. The number of likely N-dealkylation sites (tertiary alicyclic amines) is 1. The van der Waals surface area contributed by atoms with Gasteiger partial charge in [0.05, 0.1) is 5.41 Å². The summed E-state index contributed by atoms with van der Waals surface area (Å²) in [5.74, 6) is 0.221. The number of rotatable bonds is 4. The number of benzene rings is 1. The number of amides is 1. The molecule has 4 nitrogen and oxygen atoms in total. The molecule has 1 aromatic carbocycles. The lowest BCUT2D eigenvalue weighted by atomic mass is 9.88. The molecule has 2 fully saturated rings. The average molecular weight is 360 g/mol. The van der Waals surface area contributed by atoms with Gasteiger partial charge in [0.25, 0.3) is 0 Å². The van der Waals surface area contributed by atoms with Crippen LogP contribution in [0.4, 0.5) is 0 Å². The Labute approximate surface area is 151 Å². The lowest BCUT2D eigenvalue weighted by molar-refractivity contribution is -0.129. The van der Waals surface area contributed by atoms with Crippen molar-refractivity contribution in [1.82, 2.24) is 15.5 Å². The molecule has 2 aliphatic heterocycles. The van der Waals surface area contributed by atoms with Crippen molar-refractivity contribution in [3.63, 3.8) is 0 Å². The van der Waals surface area contributed by atoms with E-state index < -0.39 is 0 Å². The maximum atomic E-state index is 12.4. The van der Waals surface area contributed by atoms with E-state index in [9.17, 15) is 4.79 Å². The molecule has 0 bridgehead atoms. The Bertz CT molecular complexity index is 492. The fraction of sp³-hybridized carbons (Fsp3) is 0.588. The Balaban J connectivity index is 0.00000132. The average Bonchev–Trinajstić information content (AvgIpc) is 3.10. The number of carbonyl (C=O) groups excluding carboxylic acids is 1. The fourth-order valence-electron chi connectivity index (χ4n) is 3.31. The molecule has 0 aliphatic carbocycles. The van der Waals surface area contributed by atoms with Crippen molar-refractivity contribution in [3.05, 3.63) is 35.9 Å². The van der Waals surface area contributed by atoms with Crippen LogP contribution in [-0.2, 0) is 11.3 Å². The molecule has 0 aromatic heterocycles. The summed E-state index contributed by atoms with van der Waals surface area (Å²) >= 11 is 0. The first-order chi connectivity index (χ1) is 10.2. The second-order valence-corrected chi connectivity index (χ2v) is 6.67. The highest BCUT2D eigenvalue weighted by molar-refractivity contribution is 5.85. The molecule has 3 rings (SSSR count). The van der Waals surface area contributed by atoms with Crippen LogP contribution in [0.3, 0.4) is 0 Å². The Morgan fingerprint density at radius 3 is 2.74 bits per heavy atom. The van der Waals surface area contributed by atoms with Crippen LogP contribution >= 0.6 is 24.8 Å². The van der Waals surface area contributed by atoms with Crippen LogP contribution in [-0.4, -0.2) is 43.0 Å². The standard InChI is InChI=1S/C17H25N3O.2ClH/c1-17(8-9-18-13-17)16(21)19-15-7-10-20(12-15)11-14-5-3-2-4-6-14;;/h2-6,15,18H,7-13H2,1H3,(H,19,21);2*1H. The quantitative estimate of drug-likeness (QED) is 0.866. The van der Waals surface area contributed by atoms with E-state index in [1.54, 1.807) is 0 Å². The monoisotopic (exact) mass is 359 g/mol. The number of hydrogen-bond acceptors (Lipinski definition) is 3. The molecule has 2 N–H and O–H groups in total. The van der Waals surface area contributed by atoms with Gasteiger partial charge in [0.2, 0.25) is 5.91 Å². The molecule has 0 saturated carbocycles. The summed E-state index contributed by atoms with van der Waals surface area (Å²) in [5.41, 5.74) is 1.13. The van der Waals surface area contributed by atoms with Gasteiger partial charge < -0.3 is 10.6 Å². The molecular weight excluding hydrogens is 333 g/mol. The predicted molar refractivity (Wildman–Crippen MR) is 98.4 cm³/mol. The molecular formula is C17H27Cl2N3O. The number of halogens is 2. The van der Waals surface area contributed by atoms with E-state index in [2.05, 4.69) is 46.7 Å². The smallest absolute Gasteiger partial charge is 0.227 e. The summed E-state index contributed by atoms with van der Waals surface area (Å²) in [6.45, 7) is 6.83. The van der Waals surface area contributed by atoms with Crippen LogP contribution < -0.4 is 10.6 Å². The van der Waals surface area contributed by atoms with E-state index in [1.165, 1.54) is 5.56 Å². The van der Waals surface area contributed by atoms with Crippen LogP contribution in [0.5, 0.6) is 0 Å². The topological polar surface area (TPSA) is 44.4 Å². The van der Waals surface area contributed by atoms with Gasteiger partial charge in [-0.2, -0.15) is 0 Å². The molecule has 2 saturated heterocycles. The van der Waals surface area contributed by atoms with Gasteiger partial charge >= 0.3 is 0 Å². The summed E-state index contributed by atoms with van der Waals surface area (Å²) < 4.78 is 0. The molecule has 0 radical (unpaired) electrons. The van der Waals surface area contributed by atoms with Crippen molar-refractivity contribution in [2.24, 2.45) is 5.41 Å². The third-order valence-electron chi connectivity index (χ3n) is 4.77. The van der Waals surface area contributed by atoms with E-state index >= 15 is 0 Å². The van der Waals surface area contributed by atoms with E-state index in [0.717, 1.165) is 45.6 Å². The highest BCUT2D eigenvalue weighted by Gasteiger charge is 2.37. The maximum Gasteiger partial charge on any atom is 0.227 e. The van der Waals surface area contributed by atoms with E-state index in [1.807, 2.05) is 6.07 Å². The Morgan fingerprint density at radius 2 is 2.09 bits per heavy atom. The summed E-state index contributed by atoms with van der Waals surface area (Å²) in [5, 5.41) is 6.55. The van der Waals surface area contributed by atoms with Crippen molar-refractivity contribution < 1.29 is 4.79 Å². The number of nitrogens with one attached hydrogen (secondary N) is 2. The van der Waals surface area contributed by atoms with Gasteiger partial charge in [-0.3, -0.25) is 9.69 Å². The summed E-state index contributed by atoms with van der Waals surface area (Å²) in [6.07, 6.45) is 2.00. The van der Waals surface area contributed by atoms with Gasteiger partial charge in [0, 0.05) is 32.2 Å². The second-order valence-electron chi connectivity index (χ2n) is 6.67. The number of hydrogen-bond donors (Lipinski definition) is 2. The fourth-order valence-corrected chi connectivity index (χ4v) is 3.31. The lowest BCUT2D eigenvalue weighted by Gasteiger charge is -2.24. The van der Waals surface area contributed by atoms with Crippen molar-refractivity contribution in [3.8, 4) is 0 Å². The van der Waals surface area contributed by atoms with Gasteiger partial charge in [-0.15, -0.1) is 24.8 Å². The minimum Gasteiger partial charge on any atom is -0.352 e. The second kappa shape index (κ2) is 8.88. The van der Waals surface area contributed by atoms with Gasteiger partial charge in [-0.25, -0.2) is 0 Å². The van der Waals surface area contributed by atoms with Crippen LogP contribution in [0.15, 0.2) is 30.3 Å². The van der Waals surface area contributed by atoms with Gasteiger partial charge in [0.1, 0.15) is 0 Å². The van der Waals surface area contributed by atoms with E-state index in [-0.39, 0.29) is 36.1 Å². The first-order valence-electron chi connectivity index (χ1n) is 7.94. The summed E-state index contributed by atoms with van der Waals surface area (Å²) in [6, 6.07) is 10.8. The molecule has 1 aromatic rings. The third-order valence-corrected chi connectivity index (χ3v) is 4.77. The van der Waals surface area contributed by atoms with Crippen LogP contribution in [0.25, 0.3) is 0 Å². The minimum absolute atomic E-state index is 0. The Kier molecular flexibility index (Phi) is 7.81. The SMILES string of the molecule is CC1(C(=O)NC2CCN(Cc3ccccc3)C2)CCNC1.Cl.Cl. The van der Waals surface area contributed by atoms with Crippen molar-refractivity contribution in [1.29, 1.82) is 0 Å². The van der Waals surface area contributed by atoms with Gasteiger partial charge in [0.15, 0.2) is 0 Å². The van der Waals surface area contributed by atoms with Crippen LogP contribution in [0, 0.1) is 5.41 Å². The number of carbonyl (C=O) groups is 1. The molecule has 0 spiro atoms. The molecule has 6 heteroatoms. The molecule has 23 heavy (non-hydrogen) atoms. The zero-order valence-corrected chi connectivity index (χ0v) is 15.2. The predicted octanol–water partition coefficient (Wildman–Crippen LogP) is 2.22. The maximum absolute atomic E-state index is 12.4. The van der Waals surface area contributed by atoms with E-state index in [4.69, 9.17) is 0 Å². The molecule has 2 atom stereocenters. The van der Waals surface area contributed by atoms with Crippen LogP contribution in [0.2, 0.25) is 0 Å². The molecule has 1 amide bonds.